The molecule has 1 aliphatic rings. The monoisotopic (exact) mass is 418 g/mol. The number of hydrogen-bond acceptors (Lipinski definition) is 5. The zero-order chi connectivity index (χ0) is 21.7. The molecule has 0 saturated heterocycles. The van der Waals surface area contributed by atoms with Gasteiger partial charge in [-0.05, 0) is 38.1 Å². The molecule has 0 fully saturated rings. The van der Waals surface area contributed by atoms with Crippen LogP contribution in [0.5, 0.6) is 5.75 Å². The largest absolute Gasteiger partial charge is 0.482 e. The Morgan fingerprint density at radius 1 is 1.23 bits per heavy atom. The first-order chi connectivity index (χ1) is 15.0. The zero-order valence-electron chi connectivity index (χ0n) is 17.6. The number of hydrogen-bond donors (Lipinski definition) is 1. The summed E-state index contributed by atoms with van der Waals surface area (Å²) in [6, 6.07) is 6.60. The molecule has 3 aromatic heterocycles. The average Bonchev–Trinajstić information content (AvgIpc) is 3.33. The number of aryl methyl sites for hydroxylation is 2. The highest BCUT2D eigenvalue weighted by atomic mass is 19.1. The maximum Gasteiger partial charge on any atom is 0.166 e. The Balaban J connectivity index is 1.82. The second kappa shape index (κ2) is 7.23. The lowest BCUT2D eigenvalue weighted by atomic mass is 9.96. The van der Waals surface area contributed by atoms with Gasteiger partial charge >= 0.3 is 0 Å². The Morgan fingerprint density at radius 3 is 2.87 bits per heavy atom. The van der Waals surface area contributed by atoms with Crippen molar-refractivity contribution in [1.29, 1.82) is 0 Å². The molecule has 0 spiro atoms. The number of rotatable bonds is 1. The van der Waals surface area contributed by atoms with Crippen molar-refractivity contribution in [2.75, 3.05) is 5.73 Å². The van der Waals surface area contributed by atoms with Crippen LogP contribution >= 0.6 is 0 Å². The molecule has 1 aromatic carbocycles. The Labute approximate surface area is 179 Å². The molecule has 4 aromatic rings. The van der Waals surface area contributed by atoms with Crippen molar-refractivity contribution in [3.8, 4) is 28.3 Å². The van der Waals surface area contributed by atoms with Gasteiger partial charge in [-0.1, -0.05) is 0 Å². The molecule has 0 amide bonds. The first-order valence-electron chi connectivity index (χ1n) is 10.2. The lowest BCUT2D eigenvalue weighted by Crippen LogP contribution is -2.10. The zero-order valence-corrected chi connectivity index (χ0v) is 17.6. The van der Waals surface area contributed by atoms with E-state index in [4.69, 9.17) is 10.5 Å². The standard InChI is InChI=1S/C23H23FN6O/c1-4-30-22-14(11-28-30)7-19-21(27-12-29(19)3)17-6-5-16(24)9-18(17)13(2)31-20-8-15(22)10-26-23(20)25/h5-6,8-13H,4,7H2,1-3H3,(H2,25,26). The highest BCUT2D eigenvalue weighted by Crippen LogP contribution is 2.38. The van der Waals surface area contributed by atoms with Crippen LogP contribution in [-0.4, -0.2) is 24.3 Å². The van der Waals surface area contributed by atoms with Crippen LogP contribution < -0.4 is 10.5 Å². The van der Waals surface area contributed by atoms with Crippen molar-refractivity contribution in [2.45, 2.75) is 32.9 Å². The van der Waals surface area contributed by atoms with Crippen molar-refractivity contribution < 1.29 is 9.13 Å². The minimum Gasteiger partial charge on any atom is -0.482 e. The van der Waals surface area contributed by atoms with Crippen LogP contribution in [0.1, 0.15) is 36.8 Å². The third-order valence-electron chi connectivity index (χ3n) is 5.80. The maximum absolute atomic E-state index is 14.2. The van der Waals surface area contributed by atoms with Crippen LogP contribution in [0.15, 0.2) is 43.0 Å². The van der Waals surface area contributed by atoms with Crippen molar-refractivity contribution >= 4 is 5.82 Å². The van der Waals surface area contributed by atoms with Crippen LogP contribution in [0.3, 0.4) is 0 Å². The number of nitrogens with zero attached hydrogens (tertiary/aromatic N) is 5. The molecule has 0 saturated carbocycles. The number of aromatic nitrogens is 5. The number of pyridine rings is 1. The summed E-state index contributed by atoms with van der Waals surface area (Å²) < 4.78 is 24.4. The van der Waals surface area contributed by atoms with Crippen molar-refractivity contribution in [3.05, 3.63) is 65.6 Å². The van der Waals surface area contributed by atoms with E-state index in [1.165, 1.54) is 12.1 Å². The summed E-state index contributed by atoms with van der Waals surface area (Å²) in [6.07, 6.45) is 5.56. The number of benzene rings is 1. The Morgan fingerprint density at radius 2 is 2.06 bits per heavy atom. The minimum atomic E-state index is -0.463. The average molecular weight is 418 g/mol. The van der Waals surface area contributed by atoms with Gasteiger partial charge in [-0.3, -0.25) is 4.68 Å². The molecule has 7 nitrogen and oxygen atoms in total. The van der Waals surface area contributed by atoms with Gasteiger partial charge in [0, 0.05) is 54.2 Å². The lowest BCUT2D eigenvalue weighted by molar-refractivity contribution is 0.227. The highest BCUT2D eigenvalue weighted by Gasteiger charge is 2.24. The predicted molar refractivity (Wildman–Crippen MR) is 116 cm³/mol. The third-order valence-corrected chi connectivity index (χ3v) is 5.80. The first kappa shape index (κ1) is 19.3. The molecular formula is C23H23FN6O. The smallest absolute Gasteiger partial charge is 0.166 e. The van der Waals surface area contributed by atoms with Gasteiger partial charge in [0.2, 0.25) is 0 Å². The van der Waals surface area contributed by atoms with E-state index in [2.05, 4.69) is 15.1 Å². The van der Waals surface area contributed by atoms with Crippen LogP contribution in [-0.2, 0) is 20.0 Å². The van der Waals surface area contributed by atoms with E-state index >= 15 is 0 Å². The third kappa shape index (κ3) is 3.15. The SMILES string of the molecule is CCn1ncc2c1-c1cnc(N)c(c1)OC(C)c1cc(F)ccc1-c1ncn(C)c1C2. The number of fused-ring (bicyclic) bond motifs is 7. The fourth-order valence-corrected chi connectivity index (χ4v) is 4.22. The van der Waals surface area contributed by atoms with Gasteiger partial charge < -0.3 is 15.0 Å². The van der Waals surface area contributed by atoms with Crippen LogP contribution in [0, 0.1) is 5.82 Å². The number of halogens is 1. The molecule has 1 atom stereocenters. The van der Waals surface area contributed by atoms with Crippen molar-refractivity contribution in [3.63, 3.8) is 0 Å². The normalized spacial score (nSPS) is 15.2. The summed E-state index contributed by atoms with van der Waals surface area (Å²) in [7, 11) is 1.97. The lowest BCUT2D eigenvalue weighted by Gasteiger charge is -2.21. The summed E-state index contributed by atoms with van der Waals surface area (Å²) in [5.74, 6) is 0.412. The molecule has 1 unspecified atom stereocenters. The first-order valence-corrected chi connectivity index (χ1v) is 10.2. The van der Waals surface area contributed by atoms with Gasteiger partial charge in [-0.15, -0.1) is 0 Å². The Bertz CT molecular complexity index is 1290. The van der Waals surface area contributed by atoms with Gasteiger partial charge in [0.05, 0.1) is 23.9 Å². The molecule has 5 rings (SSSR count). The van der Waals surface area contributed by atoms with E-state index in [0.717, 1.165) is 33.8 Å². The number of imidazole rings is 1. The van der Waals surface area contributed by atoms with E-state index in [0.29, 0.717) is 24.3 Å². The second-order valence-electron chi connectivity index (χ2n) is 7.76. The van der Waals surface area contributed by atoms with E-state index in [-0.39, 0.29) is 11.6 Å². The molecule has 4 heterocycles. The molecule has 0 aliphatic carbocycles. The molecule has 0 radical (unpaired) electrons. The molecular weight excluding hydrogens is 395 g/mol. The van der Waals surface area contributed by atoms with E-state index in [9.17, 15) is 4.39 Å². The van der Waals surface area contributed by atoms with E-state index < -0.39 is 6.10 Å². The second-order valence-corrected chi connectivity index (χ2v) is 7.76. The van der Waals surface area contributed by atoms with Gasteiger partial charge in [0.1, 0.15) is 11.9 Å². The quantitative estimate of drug-likeness (QED) is 0.502. The van der Waals surface area contributed by atoms with Gasteiger partial charge in [-0.2, -0.15) is 5.10 Å². The predicted octanol–water partition coefficient (Wildman–Crippen LogP) is 4.13. The van der Waals surface area contributed by atoms with Crippen LogP contribution in [0.2, 0.25) is 0 Å². The molecule has 2 N–H and O–H groups in total. The van der Waals surface area contributed by atoms with Gasteiger partial charge in [0.15, 0.2) is 11.6 Å². The van der Waals surface area contributed by atoms with Gasteiger partial charge in [-0.25, -0.2) is 14.4 Å². The molecule has 31 heavy (non-hydrogen) atoms. The van der Waals surface area contributed by atoms with E-state index in [1.54, 1.807) is 18.6 Å². The number of anilines is 1. The minimum absolute atomic E-state index is 0.285. The Hall–Kier alpha value is -3.68. The summed E-state index contributed by atoms with van der Waals surface area (Å²) in [5, 5.41) is 4.58. The van der Waals surface area contributed by atoms with Crippen LogP contribution in [0.4, 0.5) is 10.2 Å². The maximum atomic E-state index is 14.2. The van der Waals surface area contributed by atoms with Gasteiger partial charge in [0.25, 0.3) is 0 Å². The number of ether oxygens (including phenoxy) is 1. The molecule has 8 heteroatoms. The molecule has 2 bridgehead atoms. The topological polar surface area (TPSA) is 83.8 Å². The highest BCUT2D eigenvalue weighted by molar-refractivity contribution is 5.71. The summed E-state index contributed by atoms with van der Waals surface area (Å²) in [6.45, 7) is 4.64. The fourth-order valence-electron chi connectivity index (χ4n) is 4.22. The molecule has 1 aliphatic heterocycles. The Kier molecular flexibility index (Phi) is 4.50. The summed E-state index contributed by atoms with van der Waals surface area (Å²) in [4.78, 5) is 9.02. The summed E-state index contributed by atoms with van der Waals surface area (Å²) in [5.41, 5.74) is 12.4. The van der Waals surface area contributed by atoms with Crippen molar-refractivity contribution in [1.82, 2.24) is 24.3 Å². The van der Waals surface area contributed by atoms with E-state index in [1.807, 2.05) is 42.4 Å². The van der Waals surface area contributed by atoms with Crippen LogP contribution in [0.25, 0.3) is 22.5 Å². The number of nitrogens with two attached hydrogens (primary N) is 1. The molecule has 158 valence electrons. The fraction of sp³-hybridized carbons (Fsp3) is 0.261. The number of nitrogen functional groups attached to an aromatic ring is 1. The van der Waals surface area contributed by atoms with Crippen molar-refractivity contribution in [2.24, 2.45) is 7.05 Å². The summed E-state index contributed by atoms with van der Waals surface area (Å²) >= 11 is 0.